The normalized spacial score (nSPS) is 13.6. The third kappa shape index (κ3) is 5.83. The number of nitrogens with one attached hydrogen (secondary N) is 3. The predicted octanol–water partition coefficient (Wildman–Crippen LogP) is 3.52. The molecule has 0 radical (unpaired) electrons. The molecule has 0 saturated heterocycles. The molecule has 5 nitrogen and oxygen atoms in total. The molecule has 5 heteroatoms. The third-order valence-electron chi connectivity index (χ3n) is 5.80. The summed E-state index contributed by atoms with van der Waals surface area (Å²) in [7, 11) is 3.35. The Kier molecular flexibility index (Phi) is 8.17. The Hall–Kier alpha value is -3.44. The average molecular weight is 430 g/mol. The molecule has 0 aliphatic rings. The smallest absolute Gasteiger partial charge is 0.242 e. The number of carbonyl (C=O) groups excluding carboxylic acids is 2. The molecular weight excluding hydrogens is 398 g/mol. The number of amides is 2. The van der Waals surface area contributed by atoms with Gasteiger partial charge in [0, 0.05) is 19.4 Å². The standard InChI is InChI=1S/C27H31N3O2/c1-19(21-14-16-23(17-15-21)22-12-8-5-9-13-22)25(28-2)27(32)30-24(26(31)29-3)18-20-10-6-4-7-11-20/h4-17,19,24-25,28H,18H2,1-3H3,(H,29,31)(H,30,32). The Morgan fingerprint density at radius 3 is 1.88 bits per heavy atom. The van der Waals surface area contributed by atoms with Gasteiger partial charge in [-0.1, -0.05) is 91.9 Å². The van der Waals surface area contributed by atoms with E-state index in [0.29, 0.717) is 6.42 Å². The van der Waals surface area contributed by atoms with Gasteiger partial charge >= 0.3 is 0 Å². The second kappa shape index (κ2) is 11.3. The lowest BCUT2D eigenvalue weighted by atomic mass is 9.91. The summed E-state index contributed by atoms with van der Waals surface area (Å²) in [6, 6.07) is 27.0. The molecule has 3 aromatic carbocycles. The SMILES string of the molecule is CNC(=O)C(Cc1ccccc1)NC(=O)C(NC)C(C)c1ccc(-c2ccccc2)cc1. The molecule has 2 amide bonds. The summed E-state index contributed by atoms with van der Waals surface area (Å²) in [5.74, 6) is -0.486. The maximum Gasteiger partial charge on any atom is 0.242 e. The fourth-order valence-corrected chi connectivity index (χ4v) is 3.91. The monoisotopic (exact) mass is 429 g/mol. The zero-order valence-corrected chi connectivity index (χ0v) is 18.8. The molecule has 3 aromatic rings. The van der Waals surface area contributed by atoms with Gasteiger partial charge in [-0.2, -0.15) is 0 Å². The molecule has 3 unspecified atom stereocenters. The molecule has 0 aromatic heterocycles. The summed E-state index contributed by atoms with van der Waals surface area (Å²) in [5, 5.41) is 8.73. The van der Waals surface area contributed by atoms with E-state index in [1.165, 1.54) is 0 Å². The van der Waals surface area contributed by atoms with E-state index in [0.717, 1.165) is 22.3 Å². The lowest BCUT2D eigenvalue weighted by Crippen LogP contribution is -2.53. The number of hydrogen-bond acceptors (Lipinski definition) is 3. The Morgan fingerprint density at radius 2 is 1.31 bits per heavy atom. The summed E-state index contributed by atoms with van der Waals surface area (Å²) in [5.41, 5.74) is 4.34. The zero-order valence-electron chi connectivity index (χ0n) is 18.8. The van der Waals surface area contributed by atoms with Gasteiger partial charge in [-0.05, 0) is 29.3 Å². The third-order valence-corrected chi connectivity index (χ3v) is 5.80. The van der Waals surface area contributed by atoms with E-state index in [4.69, 9.17) is 0 Å². The minimum Gasteiger partial charge on any atom is -0.357 e. The first kappa shape index (κ1) is 23.2. The van der Waals surface area contributed by atoms with Crippen molar-refractivity contribution in [3.05, 3.63) is 96.1 Å². The van der Waals surface area contributed by atoms with E-state index in [1.807, 2.05) is 55.5 Å². The minimum absolute atomic E-state index is 0.0770. The van der Waals surface area contributed by atoms with Crippen LogP contribution in [0.15, 0.2) is 84.9 Å². The molecule has 0 aliphatic heterocycles. The Labute approximate surface area is 190 Å². The second-order valence-corrected chi connectivity index (χ2v) is 7.91. The topological polar surface area (TPSA) is 70.2 Å². The Bertz CT molecular complexity index is 1000. The molecule has 0 fully saturated rings. The number of likely N-dealkylation sites (N-methyl/N-ethyl adjacent to an activating group) is 2. The van der Waals surface area contributed by atoms with Crippen LogP contribution in [0.4, 0.5) is 0 Å². The van der Waals surface area contributed by atoms with Crippen LogP contribution in [0.2, 0.25) is 0 Å². The Morgan fingerprint density at radius 1 is 0.750 bits per heavy atom. The fraction of sp³-hybridized carbons (Fsp3) is 0.259. The average Bonchev–Trinajstić information content (AvgIpc) is 2.84. The van der Waals surface area contributed by atoms with Crippen molar-refractivity contribution in [3.8, 4) is 11.1 Å². The van der Waals surface area contributed by atoms with Gasteiger partial charge in [0.05, 0.1) is 6.04 Å². The van der Waals surface area contributed by atoms with Crippen LogP contribution in [0.5, 0.6) is 0 Å². The molecule has 32 heavy (non-hydrogen) atoms. The van der Waals surface area contributed by atoms with Gasteiger partial charge < -0.3 is 16.0 Å². The molecule has 0 saturated carbocycles. The molecule has 3 rings (SSSR count). The number of rotatable bonds is 9. The van der Waals surface area contributed by atoms with Crippen molar-refractivity contribution < 1.29 is 9.59 Å². The van der Waals surface area contributed by atoms with E-state index in [1.54, 1.807) is 14.1 Å². The second-order valence-electron chi connectivity index (χ2n) is 7.91. The Balaban J connectivity index is 1.72. The summed E-state index contributed by atoms with van der Waals surface area (Å²) < 4.78 is 0. The molecule has 3 N–H and O–H groups in total. The summed E-state index contributed by atoms with van der Waals surface area (Å²) >= 11 is 0. The molecule has 0 aliphatic carbocycles. The molecule has 0 bridgehead atoms. The molecule has 3 atom stereocenters. The quantitative estimate of drug-likeness (QED) is 0.487. The van der Waals surface area contributed by atoms with Crippen molar-refractivity contribution in [2.24, 2.45) is 0 Å². The first-order chi connectivity index (χ1) is 15.5. The van der Waals surface area contributed by atoms with Gasteiger partial charge in [-0.25, -0.2) is 0 Å². The van der Waals surface area contributed by atoms with E-state index >= 15 is 0 Å². The van der Waals surface area contributed by atoms with E-state index in [9.17, 15) is 9.59 Å². The van der Waals surface area contributed by atoms with Crippen LogP contribution in [0, 0.1) is 0 Å². The van der Waals surface area contributed by atoms with Crippen LogP contribution in [0.25, 0.3) is 11.1 Å². The van der Waals surface area contributed by atoms with Gasteiger partial charge in [0.15, 0.2) is 0 Å². The van der Waals surface area contributed by atoms with Crippen molar-refractivity contribution >= 4 is 11.8 Å². The highest BCUT2D eigenvalue weighted by molar-refractivity contribution is 5.90. The lowest BCUT2D eigenvalue weighted by Gasteiger charge is -2.26. The minimum atomic E-state index is -0.640. The summed E-state index contributed by atoms with van der Waals surface area (Å²) in [6.07, 6.45) is 0.433. The van der Waals surface area contributed by atoms with Crippen LogP contribution in [-0.2, 0) is 16.0 Å². The highest BCUT2D eigenvalue weighted by Crippen LogP contribution is 2.24. The number of benzene rings is 3. The van der Waals surface area contributed by atoms with Gasteiger partial charge in [-0.15, -0.1) is 0 Å². The van der Waals surface area contributed by atoms with E-state index in [-0.39, 0.29) is 17.7 Å². The van der Waals surface area contributed by atoms with Gasteiger partial charge in [0.2, 0.25) is 11.8 Å². The zero-order chi connectivity index (χ0) is 22.9. The van der Waals surface area contributed by atoms with Crippen LogP contribution in [-0.4, -0.2) is 38.0 Å². The first-order valence-electron chi connectivity index (χ1n) is 10.9. The van der Waals surface area contributed by atoms with Crippen LogP contribution in [0.1, 0.15) is 24.0 Å². The van der Waals surface area contributed by atoms with E-state index in [2.05, 4.69) is 52.3 Å². The van der Waals surface area contributed by atoms with Gasteiger partial charge in [-0.3, -0.25) is 9.59 Å². The van der Waals surface area contributed by atoms with Gasteiger partial charge in [0.1, 0.15) is 6.04 Å². The number of carbonyl (C=O) groups is 2. The van der Waals surface area contributed by atoms with Crippen molar-refractivity contribution in [2.45, 2.75) is 31.3 Å². The summed E-state index contributed by atoms with van der Waals surface area (Å²) in [4.78, 5) is 25.6. The molecular formula is C27H31N3O2. The fourth-order valence-electron chi connectivity index (χ4n) is 3.91. The lowest BCUT2D eigenvalue weighted by molar-refractivity contribution is -0.130. The first-order valence-corrected chi connectivity index (χ1v) is 10.9. The summed E-state index contributed by atoms with van der Waals surface area (Å²) in [6.45, 7) is 2.02. The maximum absolute atomic E-state index is 13.1. The largest absolute Gasteiger partial charge is 0.357 e. The number of hydrogen-bond donors (Lipinski definition) is 3. The predicted molar refractivity (Wildman–Crippen MR) is 129 cm³/mol. The highest BCUT2D eigenvalue weighted by atomic mass is 16.2. The van der Waals surface area contributed by atoms with E-state index < -0.39 is 12.1 Å². The van der Waals surface area contributed by atoms with Gasteiger partial charge in [0.25, 0.3) is 0 Å². The van der Waals surface area contributed by atoms with Crippen LogP contribution >= 0.6 is 0 Å². The maximum atomic E-state index is 13.1. The molecule has 166 valence electrons. The molecule has 0 spiro atoms. The van der Waals surface area contributed by atoms with Crippen molar-refractivity contribution in [2.75, 3.05) is 14.1 Å². The van der Waals surface area contributed by atoms with Crippen LogP contribution < -0.4 is 16.0 Å². The highest BCUT2D eigenvalue weighted by Gasteiger charge is 2.28. The molecule has 0 heterocycles. The van der Waals surface area contributed by atoms with Crippen LogP contribution in [0.3, 0.4) is 0 Å². The van der Waals surface area contributed by atoms with Crippen molar-refractivity contribution in [1.82, 2.24) is 16.0 Å². The van der Waals surface area contributed by atoms with Crippen molar-refractivity contribution in [3.63, 3.8) is 0 Å². The van der Waals surface area contributed by atoms with Crippen molar-refractivity contribution in [1.29, 1.82) is 0 Å².